The van der Waals surface area contributed by atoms with E-state index in [0.29, 0.717) is 58.5 Å². The Bertz CT molecular complexity index is 1360. The van der Waals surface area contributed by atoms with Gasteiger partial charge in [-0.1, -0.05) is 5.16 Å². The molecule has 35 heavy (non-hydrogen) atoms. The highest BCUT2D eigenvalue weighted by molar-refractivity contribution is 5.98. The van der Waals surface area contributed by atoms with Gasteiger partial charge in [-0.3, -0.25) is 4.79 Å². The first-order chi connectivity index (χ1) is 17.1. The Morgan fingerprint density at radius 3 is 2.74 bits per heavy atom. The third kappa shape index (κ3) is 4.46. The lowest BCUT2D eigenvalue weighted by atomic mass is 9.96. The number of anilines is 2. The zero-order chi connectivity index (χ0) is 24.4. The fraction of sp³-hybridized carbons (Fsp3) is 0.280. The molecule has 2 aromatic heterocycles. The van der Waals surface area contributed by atoms with Gasteiger partial charge in [0.2, 0.25) is 5.91 Å². The number of piperidine rings is 1. The van der Waals surface area contributed by atoms with E-state index in [1.165, 1.54) is 18.5 Å². The minimum absolute atomic E-state index is 0.115. The summed E-state index contributed by atoms with van der Waals surface area (Å²) in [6, 6.07) is 11.3. The first-order valence-electron chi connectivity index (χ1n) is 11.2. The number of methoxy groups -OCH3 is 2. The molecule has 1 amide bonds. The van der Waals surface area contributed by atoms with Gasteiger partial charge in [-0.25, -0.2) is 9.37 Å². The van der Waals surface area contributed by atoms with Crippen LogP contribution in [0.3, 0.4) is 0 Å². The minimum atomic E-state index is -0.337. The van der Waals surface area contributed by atoms with Crippen molar-refractivity contribution in [3.8, 4) is 22.8 Å². The largest absolute Gasteiger partial charge is 0.497 e. The molecular formula is C25H24FN5O4. The predicted molar refractivity (Wildman–Crippen MR) is 128 cm³/mol. The van der Waals surface area contributed by atoms with Gasteiger partial charge in [0.15, 0.2) is 0 Å². The normalized spacial score (nSPS) is 15.7. The van der Waals surface area contributed by atoms with Gasteiger partial charge < -0.3 is 24.2 Å². The molecule has 0 spiro atoms. The molecule has 0 unspecified atom stereocenters. The number of hydrogen-bond donors (Lipinski definition) is 1. The first-order valence-corrected chi connectivity index (χ1v) is 11.2. The Labute approximate surface area is 200 Å². The summed E-state index contributed by atoms with van der Waals surface area (Å²) in [5, 5.41) is 7.78. The molecule has 1 aliphatic rings. The third-order valence-corrected chi connectivity index (χ3v) is 6.13. The van der Waals surface area contributed by atoms with Crippen molar-refractivity contribution in [1.29, 1.82) is 0 Å². The zero-order valence-electron chi connectivity index (χ0n) is 19.3. The van der Waals surface area contributed by atoms with Crippen molar-refractivity contribution < 1.29 is 23.2 Å². The van der Waals surface area contributed by atoms with Crippen molar-refractivity contribution in [3.63, 3.8) is 0 Å². The van der Waals surface area contributed by atoms with Crippen LogP contribution in [0.1, 0.15) is 12.8 Å². The van der Waals surface area contributed by atoms with Crippen LogP contribution in [0.15, 0.2) is 53.3 Å². The van der Waals surface area contributed by atoms with E-state index in [1.54, 1.807) is 44.6 Å². The highest BCUT2D eigenvalue weighted by Gasteiger charge is 2.30. The SMILES string of the molecule is COc1ccc(OC)c(NC(=O)[C@@H]2CCCN(c3ncnc4onc(-c5ccc(F)cc5)c34)C2)c1. The van der Waals surface area contributed by atoms with Crippen molar-refractivity contribution in [2.24, 2.45) is 5.92 Å². The van der Waals surface area contributed by atoms with Gasteiger partial charge in [0.25, 0.3) is 5.71 Å². The van der Waals surface area contributed by atoms with Gasteiger partial charge in [0, 0.05) is 24.7 Å². The van der Waals surface area contributed by atoms with Gasteiger partial charge in [-0.15, -0.1) is 0 Å². The molecular weight excluding hydrogens is 453 g/mol. The predicted octanol–water partition coefficient (Wildman–Crippen LogP) is 4.30. The number of nitrogens with zero attached hydrogens (tertiary/aromatic N) is 4. The lowest BCUT2D eigenvalue weighted by molar-refractivity contribution is -0.120. The summed E-state index contributed by atoms with van der Waals surface area (Å²) >= 11 is 0. The summed E-state index contributed by atoms with van der Waals surface area (Å²) in [4.78, 5) is 24.0. The van der Waals surface area contributed by atoms with E-state index < -0.39 is 0 Å². The number of rotatable bonds is 6. The van der Waals surface area contributed by atoms with Gasteiger partial charge in [0.05, 0.1) is 25.8 Å². The van der Waals surface area contributed by atoms with Gasteiger partial charge in [-0.2, -0.15) is 4.98 Å². The highest BCUT2D eigenvalue weighted by Crippen LogP contribution is 2.35. The van der Waals surface area contributed by atoms with Crippen LogP contribution in [0, 0.1) is 11.7 Å². The number of hydrogen-bond acceptors (Lipinski definition) is 8. The highest BCUT2D eigenvalue weighted by atomic mass is 19.1. The minimum Gasteiger partial charge on any atom is -0.497 e. The number of nitrogens with one attached hydrogen (secondary N) is 1. The maximum atomic E-state index is 13.4. The number of fused-ring (bicyclic) bond motifs is 1. The Balaban J connectivity index is 1.41. The molecule has 0 aliphatic carbocycles. The summed E-state index contributed by atoms with van der Waals surface area (Å²) in [6.45, 7) is 1.17. The van der Waals surface area contributed by atoms with Crippen LogP contribution in [-0.2, 0) is 4.79 Å². The topological polar surface area (TPSA) is 103 Å². The Kier molecular flexibility index (Phi) is 6.17. The smallest absolute Gasteiger partial charge is 0.263 e. The van der Waals surface area contributed by atoms with Gasteiger partial charge >= 0.3 is 0 Å². The van der Waals surface area contributed by atoms with E-state index in [4.69, 9.17) is 14.0 Å². The number of benzene rings is 2. The summed E-state index contributed by atoms with van der Waals surface area (Å²) < 4.78 is 29.6. The molecule has 3 heterocycles. The van der Waals surface area contributed by atoms with Crippen molar-refractivity contribution >= 4 is 28.5 Å². The molecule has 4 aromatic rings. The average Bonchev–Trinajstić information content (AvgIpc) is 3.33. The fourth-order valence-corrected chi connectivity index (χ4v) is 4.35. The molecule has 2 aromatic carbocycles. The molecule has 1 aliphatic heterocycles. The van der Waals surface area contributed by atoms with Crippen LogP contribution in [0.25, 0.3) is 22.4 Å². The van der Waals surface area contributed by atoms with E-state index in [9.17, 15) is 9.18 Å². The van der Waals surface area contributed by atoms with Crippen molar-refractivity contribution in [2.45, 2.75) is 12.8 Å². The second-order valence-electron chi connectivity index (χ2n) is 8.26. The molecule has 9 nitrogen and oxygen atoms in total. The molecule has 0 saturated carbocycles. The van der Waals surface area contributed by atoms with Gasteiger partial charge in [0.1, 0.15) is 40.5 Å². The number of aromatic nitrogens is 3. The molecule has 1 saturated heterocycles. The molecule has 10 heteroatoms. The molecule has 1 fully saturated rings. The molecule has 1 N–H and O–H groups in total. The maximum Gasteiger partial charge on any atom is 0.263 e. The van der Waals surface area contributed by atoms with Crippen molar-refractivity contribution in [1.82, 2.24) is 15.1 Å². The fourth-order valence-electron chi connectivity index (χ4n) is 4.35. The van der Waals surface area contributed by atoms with Crippen LogP contribution < -0.4 is 19.7 Å². The summed E-state index contributed by atoms with van der Waals surface area (Å²) in [5.74, 6) is 1.07. The van der Waals surface area contributed by atoms with E-state index in [-0.39, 0.29) is 17.6 Å². The van der Waals surface area contributed by atoms with E-state index >= 15 is 0 Å². The standard InChI is InChI=1S/C25H24FN5O4/c1-33-18-9-10-20(34-2)19(12-18)29-24(32)16-4-3-11-31(13-16)23-21-22(15-5-7-17(26)8-6-15)30-35-25(21)28-14-27-23/h5-10,12,14,16H,3-4,11,13H2,1-2H3,(H,29,32)/t16-/m1/s1. The third-order valence-electron chi connectivity index (χ3n) is 6.13. The number of halogens is 1. The summed E-state index contributed by atoms with van der Waals surface area (Å²) in [7, 11) is 3.12. The van der Waals surface area contributed by atoms with Gasteiger partial charge in [-0.05, 0) is 49.2 Å². The molecule has 180 valence electrons. The lowest BCUT2D eigenvalue weighted by Gasteiger charge is -2.33. The number of carbonyl (C=O) groups is 1. The zero-order valence-corrected chi connectivity index (χ0v) is 19.3. The van der Waals surface area contributed by atoms with E-state index in [1.807, 2.05) is 4.90 Å². The second kappa shape index (κ2) is 9.57. The Morgan fingerprint density at radius 1 is 1.14 bits per heavy atom. The second-order valence-corrected chi connectivity index (χ2v) is 8.26. The molecule has 0 radical (unpaired) electrons. The van der Waals surface area contributed by atoms with Crippen molar-refractivity contribution in [2.75, 3.05) is 37.5 Å². The van der Waals surface area contributed by atoms with Crippen LogP contribution in [0.5, 0.6) is 11.5 Å². The number of ether oxygens (including phenoxy) is 2. The average molecular weight is 477 g/mol. The van der Waals surface area contributed by atoms with Crippen LogP contribution in [-0.4, -0.2) is 48.3 Å². The maximum absolute atomic E-state index is 13.4. The van der Waals surface area contributed by atoms with Crippen LogP contribution in [0.4, 0.5) is 15.9 Å². The summed E-state index contributed by atoms with van der Waals surface area (Å²) in [6.07, 6.45) is 2.95. The molecule has 0 bridgehead atoms. The van der Waals surface area contributed by atoms with E-state index in [2.05, 4.69) is 20.4 Å². The van der Waals surface area contributed by atoms with Crippen molar-refractivity contribution in [3.05, 3.63) is 54.6 Å². The summed E-state index contributed by atoms with van der Waals surface area (Å²) in [5.41, 5.74) is 2.11. The van der Waals surface area contributed by atoms with Crippen LogP contribution >= 0.6 is 0 Å². The quantitative estimate of drug-likeness (QED) is 0.439. The Hall–Kier alpha value is -4.21. The molecule has 1 atom stereocenters. The first kappa shape index (κ1) is 22.6. The lowest BCUT2D eigenvalue weighted by Crippen LogP contribution is -2.41. The number of amides is 1. The Morgan fingerprint density at radius 2 is 1.97 bits per heavy atom. The monoisotopic (exact) mass is 477 g/mol. The van der Waals surface area contributed by atoms with Crippen LogP contribution in [0.2, 0.25) is 0 Å². The molecule has 5 rings (SSSR count). The van der Waals surface area contributed by atoms with E-state index in [0.717, 1.165) is 12.8 Å². The number of carbonyl (C=O) groups excluding carboxylic acids is 1.